The average Bonchev–Trinajstić information content (AvgIpc) is 2.50. The molecule has 0 aliphatic carbocycles. The molecule has 0 bridgehead atoms. The number of hydrogen-bond acceptors (Lipinski definition) is 4. The number of carbonyl (C=O) groups is 2. The number of nitrogens with two attached hydrogens (primary N) is 1. The summed E-state index contributed by atoms with van der Waals surface area (Å²) in [4.78, 5) is 22.4. The second-order valence-electron chi connectivity index (χ2n) is 5.84. The zero-order valence-electron chi connectivity index (χ0n) is 13.8. The molecule has 1 unspecified atom stereocenters. The Morgan fingerprint density at radius 1 is 1.30 bits per heavy atom. The van der Waals surface area contributed by atoms with E-state index in [2.05, 4.69) is 13.2 Å². The third kappa shape index (κ3) is 4.98. The maximum absolute atomic E-state index is 11.3. The quantitative estimate of drug-likeness (QED) is 0.619. The van der Waals surface area contributed by atoms with E-state index in [1.807, 2.05) is 45.0 Å². The lowest BCUT2D eigenvalue weighted by molar-refractivity contribution is -0.141. The van der Waals surface area contributed by atoms with Gasteiger partial charge in [0.2, 0.25) is 0 Å². The van der Waals surface area contributed by atoms with Gasteiger partial charge in [-0.3, -0.25) is 0 Å². The predicted octanol–water partition coefficient (Wildman–Crippen LogP) is 3.19. The van der Waals surface area contributed by atoms with Crippen molar-refractivity contribution < 1.29 is 19.1 Å². The molecule has 1 aromatic carbocycles. The Labute approximate surface area is 136 Å². The zero-order chi connectivity index (χ0) is 17.6. The highest BCUT2D eigenvalue weighted by atomic mass is 16.6. The Morgan fingerprint density at radius 2 is 1.87 bits per heavy atom. The summed E-state index contributed by atoms with van der Waals surface area (Å²) in [6.07, 6.45) is -0.591. The van der Waals surface area contributed by atoms with Crippen LogP contribution >= 0.6 is 0 Å². The second kappa shape index (κ2) is 7.63. The van der Waals surface area contributed by atoms with E-state index in [-0.39, 0.29) is 6.61 Å². The van der Waals surface area contributed by atoms with E-state index in [4.69, 9.17) is 15.2 Å². The Kier molecular flexibility index (Phi) is 6.13. The van der Waals surface area contributed by atoms with Crippen molar-refractivity contribution in [2.24, 2.45) is 5.73 Å². The minimum absolute atomic E-state index is 0.108. The van der Waals surface area contributed by atoms with Gasteiger partial charge in [-0.25, -0.2) is 9.59 Å². The monoisotopic (exact) mass is 317 g/mol. The molecule has 5 nitrogen and oxygen atoms in total. The summed E-state index contributed by atoms with van der Waals surface area (Å²) in [5, 5.41) is 0. The van der Waals surface area contributed by atoms with Crippen molar-refractivity contribution in [3.05, 3.63) is 54.6 Å². The molecule has 0 aliphatic heterocycles. The summed E-state index contributed by atoms with van der Waals surface area (Å²) >= 11 is 0. The molecule has 5 heteroatoms. The normalized spacial score (nSPS) is 12.1. The number of benzene rings is 1. The van der Waals surface area contributed by atoms with Crippen molar-refractivity contribution in [2.45, 2.75) is 32.3 Å². The van der Waals surface area contributed by atoms with Gasteiger partial charge in [-0.15, -0.1) is 0 Å². The molecule has 0 saturated heterocycles. The number of hydrogen-bond donors (Lipinski definition) is 1. The van der Waals surface area contributed by atoms with Crippen LogP contribution in [-0.4, -0.2) is 24.8 Å². The minimum Gasteiger partial charge on any atom is -0.459 e. The van der Waals surface area contributed by atoms with E-state index in [0.717, 1.165) is 22.8 Å². The molecule has 2 N–H and O–H groups in total. The van der Waals surface area contributed by atoms with Gasteiger partial charge in [0.05, 0.1) is 0 Å². The van der Waals surface area contributed by atoms with Crippen LogP contribution in [-0.2, 0) is 19.7 Å². The molecule has 0 fully saturated rings. The van der Waals surface area contributed by atoms with Gasteiger partial charge in [-0.2, -0.15) is 0 Å². The van der Waals surface area contributed by atoms with Crippen LogP contribution in [0.3, 0.4) is 0 Å². The van der Waals surface area contributed by atoms with Crippen LogP contribution in [0.5, 0.6) is 0 Å². The van der Waals surface area contributed by atoms with Crippen LogP contribution in [0.1, 0.15) is 31.9 Å². The molecule has 1 atom stereocenters. The Bertz CT molecular complexity index is 602. The first kappa shape index (κ1) is 18.5. The van der Waals surface area contributed by atoms with Crippen molar-refractivity contribution in [2.75, 3.05) is 6.61 Å². The maximum atomic E-state index is 11.3. The number of primary amides is 1. The summed E-state index contributed by atoms with van der Waals surface area (Å²) in [5.74, 6) is -0.587. The number of carbonyl (C=O) groups excluding carboxylic acids is 2. The van der Waals surface area contributed by atoms with Crippen LogP contribution in [0.4, 0.5) is 4.79 Å². The summed E-state index contributed by atoms with van der Waals surface area (Å²) in [6, 6.07) is 7.74. The standard InChI is InChI=1S/C18H23NO4/c1-6-16(20)22-11-15(23-17(19)21)18(4,5)14-9-7-13(8-10-14)12(2)3/h6-10,15H,1-2,11H2,3-5H3,(H2,19,21). The van der Waals surface area contributed by atoms with Gasteiger partial charge in [-0.05, 0) is 18.1 Å². The molecule has 1 rings (SSSR count). The highest BCUT2D eigenvalue weighted by Crippen LogP contribution is 2.30. The lowest BCUT2D eigenvalue weighted by Gasteiger charge is -2.33. The Hall–Kier alpha value is -2.56. The molecule has 0 heterocycles. The van der Waals surface area contributed by atoms with Crippen LogP contribution in [0.2, 0.25) is 0 Å². The van der Waals surface area contributed by atoms with Crippen LogP contribution in [0.15, 0.2) is 43.5 Å². The van der Waals surface area contributed by atoms with Crippen LogP contribution < -0.4 is 5.73 Å². The molecule has 0 radical (unpaired) electrons. The van der Waals surface area contributed by atoms with Gasteiger partial charge in [0, 0.05) is 11.5 Å². The third-order valence-corrected chi connectivity index (χ3v) is 3.73. The largest absolute Gasteiger partial charge is 0.459 e. The highest BCUT2D eigenvalue weighted by molar-refractivity contribution is 5.81. The molecule has 0 saturated carbocycles. The van der Waals surface area contributed by atoms with Gasteiger partial charge in [0.15, 0.2) is 0 Å². The van der Waals surface area contributed by atoms with Crippen molar-refractivity contribution in [3.63, 3.8) is 0 Å². The van der Waals surface area contributed by atoms with E-state index in [9.17, 15) is 9.59 Å². The summed E-state index contributed by atoms with van der Waals surface area (Å²) < 4.78 is 10.2. The second-order valence-corrected chi connectivity index (χ2v) is 5.84. The molecule has 0 spiro atoms. The van der Waals surface area contributed by atoms with Gasteiger partial charge >= 0.3 is 12.1 Å². The van der Waals surface area contributed by atoms with E-state index in [1.165, 1.54) is 0 Å². The fraction of sp³-hybridized carbons (Fsp3) is 0.333. The van der Waals surface area contributed by atoms with Crippen molar-refractivity contribution >= 4 is 17.6 Å². The number of allylic oxidation sites excluding steroid dienone is 1. The Balaban J connectivity index is 3.04. The van der Waals surface area contributed by atoms with E-state index >= 15 is 0 Å². The smallest absolute Gasteiger partial charge is 0.404 e. The predicted molar refractivity (Wildman–Crippen MR) is 89.8 cm³/mol. The van der Waals surface area contributed by atoms with Gasteiger partial charge in [0.25, 0.3) is 0 Å². The molecule has 1 aromatic rings. The molecule has 23 heavy (non-hydrogen) atoms. The van der Waals surface area contributed by atoms with Crippen molar-refractivity contribution in [1.82, 2.24) is 0 Å². The SMILES string of the molecule is C=CC(=O)OCC(OC(N)=O)C(C)(C)c1ccc(C(=C)C)cc1. The maximum Gasteiger partial charge on any atom is 0.404 e. The highest BCUT2D eigenvalue weighted by Gasteiger charge is 2.35. The summed E-state index contributed by atoms with van der Waals surface area (Å²) in [5.41, 5.74) is 7.43. The van der Waals surface area contributed by atoms with E-state index in [0.29, 0.717) is 0 Å². The average molecular weight is 317 g/mol. The van der Waals surface area contributed by atoms with Gasteiger partial charge in [0.1, 0.15) is 12.7 Å². The first-order chi connectivity index (χ1) is 10.7. The summed E-state index contributed by atoms with van der Waals surface area (Å²) in [6.45, 7) is 12.8. The molecule has 1 amide bonds. The van der Waals surface area contributed by atoms with Crippen molar-refractivity contribution in [3.8, 4) is 0 Å². The first-order valence-electron chi connectivity index (χ1n) is 7.20. The fourth-order valence-corrected chi connectivity index (χ4v) is 2.12. The Morgan fingerprint density at radius 3 is 2.30 bits per heavy atom. The first-order valence-corrected chi connectivity index (χ1v) is 7.20. The number of esters is 1. The van der Waals surface area contributed by atoms with Crippen LogP contribution in [0.25, 0.3) is 5.57 Å². The molecular formula is C18H23NO4. The molecule has 0 aliphatic rings. The number of amides is 1. The fourth-order valence-electron chi connectivity index (χ4n) is 2.12. The van der Waals surface area contributed by atoms with E-state index in [1.54, 1.807) is 0 Å². The summed E-state index contributed by atoms with van der Waals surface area (Å²) in [7, 11) is 0. The number of rotatable bonds is 7. The van der Waals surface area contributed by atoms with Gasteiger partial charge < -0.3 is 15.2 Å². The molecular weight excluding hydrogens is 294 g/mol. The lowest BCUT2D eigenvalue weighted by Crippen LogP contribution is -2.42. The van der Waals surface area contributed by atoms with Gasteiger partial charge in [-0.1, -0.05) is 56.8 Å². The van der Waals surface area contributed by atoms with Crippen LogP contribution in [0, 0.1) is 0 Å². The van der Waals surface area contributed by atoms with E-state index < -0.39 is 23.6 Å². The number of ether oxygens (including phenoxy) is 2. The van der Waals surface area contributed by atoms with Crippen molar-refractivity contribution in [1.29, 1.82) is 0 Å². The molecule has 124 valence electrons. The lowest BCUT2D eigenvalue weighted by atomic mass is 9.79. The minimum atomic E-state index is -0.920. The molecule has 0 aromatic heterocycles. The third-order valence-electron chi connectivity index (χ3n) is 3.73. The zero-order valence-corrected chi connectivity index (χ0v) is 13.8. The topological polar surface area (TPSA) is 78.6 Å².